The highest BCUT2D eigenvalue weighted by Crippen LogP contribution is 2.31. The van der Waals surface area contributed by atoms with Crippen LogP contribution in [-0.2, 0) is 12.8 Å². The SMILES string of the molecule is C[C@H]1C[C@H](C)CN(C(=O)c2cc3c(s2)CCCC3)C1. The molecule has 104 valence electrons. The number of hydrogen-bond acceptors (Lipinski definition) is 2. The van der Waals surface area contributed by atoms with Gasteiger partial charge in [0.25, 0.3) is 5.91 Å². The lowest BCUT2D eigenvalue weighted by molar-refractivity contribution is 0.0628. The van der Waals surface area contributed by atoms with Crippen molar-refractivity contribution >= 4 is 17.2 Å². The van der Waals surface area contributed by atoms with Crippen LogP contribution < -0.4 is 0 Å². The van der Waals surface area contributed by atoms with Gasteiger partial charge in [0.05, 0.1) is 4.88 Å². The van der Waals surface area contributed by atoms with E-state index in [-0.39, 0.29) is 5.91 Å². The molecule has 3 heteroatoms. The minimum absolute atomic E-state index is 0.276. The summed E-state index contributed by atoms with van der Waals surface area (Å²) in [6.07, 6.45) is 6.19. The van der Waals surface area contributed by atoms with Gasteiger partial charge in [-0.25, -0.2) is 0 Å². The largest absolute Gasteiger partial charge is 0.337 e. The summed E-state index contributed by atoms with van der Waals surface area (Å²) < 4.78 is 0. The zero-order chi connectivity index (χ0) is 13.4. The van der Waals surface area contributed by atoms with E-state index in [1.807, 2.05) is 0 Å². The molecule has 1 aromatic heterocycles. The van der Waals surface area contributed by atoms with E-state index in [0.717, 1.165) is 18.0 Å². The summed E-state index contributed by atoms with van der Waals surface area (Å²) in [5, 5.41) is 0. The average molecular weight is 277 g/mol. The van der Waals surface area contributed by atoms with Crippen LogP contribution in [0.4, 0.5) is 0 Å². The van der Waals surface area contributed by atoms with E-state index >= 15 is 0 Å². The Kier molecular flexibility index (Phi) is 3.66. The number of amides is 1. The smallest absolute Gasteiger partial charge is 0.263 e. The van der Waals surface area contributed by atoms with E-state index in [0.29, 0.717) is 11.8 Å². The fourth-order valence-corrected chi connectivity index (χ4v) is 4.80. The van der Waals surface area contributed by atoms with E-state index in [2.05, 4.69) is 24.8 Å². The number of carbonyl (C=O) groups excluding carboxylic acids is 1. The van der Waals surface area contributed by atoms with Crippen LogP contribution in [-0.4, -0.2) is 23.9 Å². The summed E-state index contributed by atoms with van der Waals surface area (Å²) in [5.41, 5.74) is 1.44. The molecule has 1 aromatic rings. The highest BCUT2D eigenvalue weighted by atomic mass is 32.1. The summed E-state index contributed by atoms with van der Waals surface area (Å²) in [4.78, 5) is 17.2. The zero-order valence-corrected chi connectivity index (χ0v) is 12.8. The second kappa shape index (κ2) is 5.28. The van der Waals surface area contributed by atoms with Gasteiger partial charge in [-0.2, -0.15) is 0 Å². The quantitative estimate of drug-likeness (QED) is 0.765. The Morgan fingerprint density at radius 1 is 1.21 bits per heavy atom. The molecule has 1 amide bonds. The molecule has 0 bridgehead atoms. The molecule has 0 N–H and O–H groups in total. The van der Waals surface area contributed by atoms with Crippen LogP contribution in [0.3, 0.4) is 0 Å². The van der Waals surface area contributed by atoms with Crippen LogP contribution in [0, 0.1) is 11.8 Å². The normalized spacial score (nSPS) is 27.2. The Morgan fingerprint density at radius 3 is 2.58 bits per heavy atom. The van der Waals surface area contributed by atoms with Crippen molar-refractivity contribution in [3.63, 3.8) is 0 Å². The average Bonchev–Trinajstić information content (AvgIpc) is 2.80. The molecular formula is C16H23NOS. The number of aryl methyl sites for hydroxylation is 2. The third-order valence-electron chi connectivity index (χ3n) is 4.36. The first-order chi connectivity index (χ1) is 9.13. The number of hydrogen-bond donors (Lipinski definition) is 0. The Hall–Kier alpha value is -0.830. The van der Waals surface area contributed by atoms with Gasteiger partial charge in [-0.1, -0.05) is 13.8 Å². The fourth-order valence-electron chi connectivity index (χ4n) is 3.58. The van der Waals surface area contributed by atoms with Gasteiger partial charge in [0.2, 0.25) is 0 Å². The Bertz CT molecular complexity index is 446. The lowest BCUT2D eigenvalue weighted by Gasteiger charge is -2.34. The Labute approximate surface area is 119 Å². The first kappa shape index (κ1) is 13.2. The van der Waals surface area contributed by atoms with E-state index in [1.54, 1.807) is 11.3 Å². The topological polar surface area (TPSA) is 20.3 Å². The molecule has 2 atom stereocenters. The van der Waals surface area contributed by atoms with Crippen LogP contribution in [0.5, 0.6) is 0 Å². The van der Waals surface area contributed by atoms with Crippen molar-refractivity contribution in [2.45, 2.75) is 46.0 Å². The van der Waals surface area contributed by atoms with Gasteiger partial charge in [-0.3, -0.25) is 4.79 Å². The molecule has 0 unspecified atom stereocenters. The van der Waals surface area contributed by atoms with Crippen LogP contribution in [0.2, 0.25) is 0 Å². The third-order valence-corrected chi connectivity index (χ3v) is 5.59. The van der Waals surface area contributed by atoms with Gasteiger partial charge >= 0.3 is 0 Å². The second-order valence-corrected chi connectivity index (χ2v) is 7.56. The van der Waals surface area contributed by atoms with E-state index in [4.69, 9.17) is 0 Å². The van der Waals surface area contributed by atoms with E-state index < -0.39 is 0 Å². The van der Waals surface area contributed by atoms with Crippen molar-refractivity contribution in [1.82, 2.24) is 4.90 Å². The van der Waals surface area contributed by atoms with Crippen molar-refractivity contribution in [3.05, 3.63) is 21.4 Å². The molecule has 2 aliphatic rings. The summed E-state index contributed by atoms with van der Waals surface area (Å²) in [6.45, 7) is 6.39. The first-order valence-corrected chi connectivity index (χ1v) is 8.36. The lowest BCUT2D eigenvalue weighted by Crippen LogP contribution is -2.42. The minimum Gasteiger partial charge on any atom is -0.337 e. The molecule has 3 rings (SSSR count). The molecule has 0 spiro atoms. The van der Waals surface area contributed by atoms with E-state index in [1.165, 1.54) is 42.5 Å². The number of rotatable bonds is 1. The third kappa shape index (κ3) is 2.71. The Morgan fingerprint density at radius 2 is 1.89 bits per heavy atom. The molecule has 0 aromatic carbocycles. The zero-order valence-electron chi connectivity index (χ0n) is 11.9. The lowest BCUT2D eigenvalue weighted by atomic mass is 9.92. The highest BCUT2D eigenvalue weighted by Gasteiger charge is 2.27. The summed E-state index contributed by atoms with van der Waals surface area (Å²) >= 11 is 1.75. The van der Waals surface area contributed by atoms with Crippen LogP contribution in [0.1, 0.15) is 53.2 Å². The molecular weight excluding hydrogens is 254 g/mol. The van der Waals surface area contributed by atoms with Gasteiger partial charge in [0.1, 0.15) is 0 Å². The maximum atomic E-state index is 12.6. The summed E-state index contributed by atoms with van der Waals surface area (Å²) in [6, 6.07) is 2.17. The monoisotopic (exact) mass is 277 g/mol. The number of fused-ring (bicyclic) bond motifs is 1. The minimum atomic E-state index is 0.276. The molecule has 2 nitrogen and oxygen atoms in total. The molecule has 19 heavy (non-hydrogen) atoms. The number of piperidine rings is 1. The van der Waals surface area contributed by atoms with E-state index in [9.17, 15) is 4.79 Å². The van der Waals surface area contributed by atoms with Gasteiger partial charge in [0, 0.05) is 18.0 Å². The number of carbonyl (C=O) groups is 1. The summed E-state index contributed by atoms with van der Waals surface area (Å²) in [7, 11) is 0. The Balaban J connectivity index is 1.77. The first-order valence-electron chi connectivity index (χ1n) is 7.54. The highest BCUT2D eigenvalue weighted by molar-refractivity contribution is 7.14. The van der Waals surface area contributed by atoms with Crippen LogP contribution >= 0.6 is 11.3 Å². The number of thiophene rings is 1. The van der Waals surface area contributed by atoms with Gasteiger partial charge in [0.15, 0.2) is 0 Å². The second-order valence-electron chi connectivity index (χ2n) is 6.42. The molecule has 1 aliphatic carbocycles. The van der Waals surface area contributed by atoms with Crippen molar-refractivity contribution in [3.8, 4) is 0 Å². The predicted octanol–water partition coefficient (Wildman–Crippen LogP) is 3.75. The molecule has 0 radical (unpaired) electrons. The maximum absolute atomic E-state index is 12.6. The molecule has 1 aliphatic heterocycles. The maximum Gasteiger partial charge on any atom is 0.263 e. The van der Waals surface area contributed by atoms with Crippen molar-refractivity contribution in [2.75, 3.05) is 13.1 Å². The molecule has 0 saturated carbocycles. The van der Waals surface area contributed by atoms with Gasteiger partial charge < -0.3 is 4.90 Å². The summed E-state index contributed by atoms with van der Waals surface area (Å²) in [5.74, 6) is 1.56. The molecule has 1 fully saturated rings. The van der Waals surface area contributed by atoms with Crippen molar-refractivity contribution < 1.29 is 4.79 Å². The van der Waals surface area contributed by atoms with Gasteiger partial charge in [-0.05, 0) is 55.6 Å². The molecule has 1 saturated heterocycles. The number of nitrogens with zero attached hydrogens (tertiary/aromatic N) is 1. The standard InChI is InChI=1S/C16H23NOS/c1-11-7-12(2)10-17(9-11)16(18)15-8-13-5-3-4-6-14(13)19-15/h8,11-12H,3-7,9-10H2,1-2H3/t11-,12-/m0/s1. The molecule has 2 heterocycles. The predicted molar refractivity (Wildman–Crippen MR) is 79.8 cm³/mol. The fraction of sp³-hybridized carbons (Fsp3) is 0.688. The van der Waals surface area contributed by atoms with Crippen molar-refractivity contribution in [2.24, 2.45) is 11.8 Å². The van der Waals surface area contributed by atoms with Gasteiger partial charge in [-0.15, -0.1) is 11.3 Å². The van der Waals surface area contributed by atoms with Crippen LogP contribution in [0.15, 0.2) is 6.07 Å². The van der Waals surface area contributed by atoms with Crippen molar-refractivity contribution in [1.29, 1.82) is 0 Å². The van der Waals surface area contributed by atoms with Crippen LogP contribution in [0.25, 0.3) is 0 Å². The number of likely N-dealkylation sites (tertiary alicyclic amines) is 1.